The quantitative estimate of drug-likeness (QED) is 0.909. The molecular formula is C11H11Cl2N3. The van der Waals surface area contributed by atoms with Gasteiger partial charge in [-0.15, -0.1) is 0 Å². The van der Waals surface area contributed by atoms with Crippen LogP contribution in [0.3, 0.4) is 0 Å². The van der Waals surface area contributed by atoms with E-state index < -0.39 is 0 Å². The average molecular weight is 256 g/mol. The predicted octanol–water partition coefficient (Wildman–Crippen LogP) is 3.61. The summed E-state index contributed by atoms with van der Waals surface area (Å²) in [5, 5.41) is 4.25. The van der Waals surface area contributed by atoms with Gasteiger partial charge in [0.2, 0.25) is 5.95 Å². The fraction of sp³-hybridized carbons (Fsp3) is 0.182. The zero-order valence-electron chi connectivity index (χ0n) is 8.74. The third kappa shape index (κ3) is 2.15. The fourth-order valence-electron chi connectivity index (χ4n) is 1.44. The molecule has 1 aromatic carbocycles. The minimum absolute atomic E-state index is 0.537. The van der Waals surface area contributed by atoms with Crippen LogP contribution in [0.25, 0.3) is 5.69 Å². The molecule has 0 aliphatic heterocycles. The first-order valence-corrected chi connectivity index (χ1v) is 5.70. The maximum Gasteiger partial charge on any atom is 0.207 e. The van der Waals surface area contributed by atoms with E-state index in [9.17, 15) is 0 Å². The first-order valence-electron chi connectivity index (χ1n) is 4.95. The van der Waals surface area contributed by atoms with Crippen molar-refractivity contribution in [2.24, 2.45) is 0 Å². The van der Waals surface area contributed by atoms with Gasteiger partial charge in [0.25, 0.3) is 0 Å². The smallest absolute Gasteiger partial charge is 0.207 e. The van der Waals surface area contributed by atoms with Crippen LogP contribution in [-0.4, -0.2) is 16.1 Å². The van der Waals surface area contributed by atoms with E-state index in [0.29, 0.717) is 10.0 Å². The van der Waals surface area contributed by atoms with Gasteiger partial charge in [0.1, 0.15) is 0 Å². The van der Waals surface area contributed by atoms with Crippen molar-refractivity contribution in [1.82, 2.24) is 9.55 Å². The Labute approximate surface area is 104 Å². The lowest BCUT2D eigenvalue weighted by atomic mass is 10.3. The van der Waals surface area contributed by atoms with Crippen molar-refractivity contribution in [2.75, 3.05) is 11.9 Å². The Morgan fingerprint density at radius 3 is 2.81 bits per heavy atom. The lowest BCUT2D eigenvalue weighted by Crippen LogP contribution is -2.04. The summed E-state index contributed by atoms with van der Waals surface area (Å²) in [6.45, 7) is 2.84. The summed E-state index contributed by atoms with van der Waals surface area (Å²) in [4.78, 5) is 4.21. The van der Waals surface area contributed by atoms with Crippen LogP contribution in [0.1, 0.15) is 6.92 Å². The molecule has 1 aromatic heterocycles. The zero-order chi connectivity index (χ0) is 11.5. The maximum absolute atomic E-state index is 5.97. The number of nitrogens with zero attached hydrogens (tertiary/aromatic N) is 2. The molecule has 0 saturated carbocycles. The number of nitrogens with one attached hydrogen (secondary N) is 1. The van der Waals surface area contributed by atoms with Gasteiger partial charge in [0, 0.05) is 18.9 Å². The number of imidazole rings is 1. The second-order valence-corrected chi connectivity index (χ2v) is 4.06. The molecule has 0 unspecified atom stereocenters. The van der Waals surface area contributed by atoms with Crippen LogP contribution in [0.5, 0.6) is 0 Å². The van der Waals surface area contributed by atoms with Crippen LogP contribution in [0.2, 0.25) is 10.0 Å². The Bertz CT molecular complexity index is 494. The summed E-state index contributed by atoms with van der Waals surface area (Å²) in [6, 6.07) is 5.48. The van der Waals surface area contributed by atoms with Crippen LogP contribution in [0.4, 0.5) is 5.95 Å². The zero-order valence-corrected chi connectivity index (χ0v) is 10.3. The third-order valence-electron chi connectivity index (χ3n) is 2.16. The molecule has 16 heavy (non-hydrogen) atoms. The van der Waals surface area contributed by atoms with Crippen LogP contribution < -0.4 is 5.32 Å². The van der Waals surface area contributed by atoms with E-state index >= 15 is 0 Å². The van der Waals surface area contributed by atoms with Crippen molar-refractivity contribution < 1.29 is 0 Å². The second kappa shape index (κ2) is 4.76. The van der Waals surface area contributed by atoms with Crippen molar-refractivity contribution in [3.8, 4) is 5.69 Å². The molecule has 0 fully saturated rings. The highest BCUT2D eigenvalue weighted by Gasteiger charge is 2.05. The monoisotopic (exact) mass is 255 g/mol. The molecule has 2 aromatic rings. The SMILES string of the molecule is CCNc1nccn1-c1ccc(Cl)c(Cl)c1. The summed E-state index contributed by atoms with van der Waals surface area (Å²) in [5.41, 5.74) is 0.933. The normalized spacial score (nSPS) is 10.4. The van der Waals surface area contributed by atoms with Crippen molar-refractivity contribution in [3.05, 3.63) is 40.6 Å². The standard InChI is InChI=1S/C11H11Cl2N3/c1-2-14-11-15-5-6-16(11)8-3-4-9(12)10(13)7-8/h3-7H,2H2,1H3,(H,14,15). The molecule has 0 saturated heterocycles. The van der Waals surface area contributed by atoms with Gasteiger partial charge in [-0.2, -0.15) is 0 Å². The molecular weight excluding hydrogens is 245 g/mol. The Morgan fingerprint density at radius 2 is 2.12 bits per heavy atom. The molecule has 1 N–H and O–H groups in total. The molecule has 0 aliphatic carbocycles. The molecule has 0 bridgehead atoms. The number of benzene rings is 1. The van der Waals surface area contributed by atoms with Crippen LogP contribution >= 0.6 is 23.2 Å². The molecule has 0 spiro atoms. The molecule has 5 heteroatoms. The maximum atomic E-state index is 5.97. The van der Waals surface area contributed by atoms with Crippen molar-refractivity contribution in [3.63, 3.8) is 0 Å². The molecule has 0 radical (unpaired) electrons. The van der Waals surface area contributed by atoms with E-state index in [4.69, 9.17) is 23.2 Å². The van der Waals surface area contributed by atoms with E-state index in [2.05, 4.69) is 10.3 Å². The second-order valence-electron chi connectivity index (χ2n) is 3.25. The fourth-order valence-corrected chi connectivity index (χ4v) is 1.73. The Morgan fingerprint density at radius 1 is 1.31 bits per heavy atom. The molecule has 0 amide bonds. The highest BCUT2D eigenvalue weighted by atomic mass is 35.5. The number of hydrogen-bond acceptors (Lipinski definition) is 2. The number of aromatic nitrogens is 2. The van der Waals surface area contributed by atoms with Crippen molar-refractivity contribution in [2.45, 2.75) is 6.92 Å². The Kier molecular flexibility index (Phi) is 3.36. The van der Waals surface area contributed by atoms with Gasteiger partial charge in [-0.3, -0.25) is 4.57 Å². The topological polar surface area (TPSA) is 29.9 Å². The molecule has 2 rings (SSSR count). The van der Waals surface area contributed by atoms with E-state index in [1.807, 2.05) is 29.8 Å². The number of rotatable bonds is 3. The van der Waals surface area contributed by atoms with Gasteiger partial charge in [0.15, 0.2) is 0 Å². The number of anilines is 1. The third-order valence-corrected chi connectivity index (χ3v) is 2.90. The summed E-state index contributed by atoms with van der Waals surface area (Å²) in [6.07, 6.45) is 3.61. The van der Waals surface area contributed by atoms with Crippen LogP contribution in [0, 0.1) is 0 Å². The largest absolute Gasteiger partial charge is 0.356 e. The minimum Gasteiger partial charge on any atom is -0.356 e. The molecule has 3 nitrogen and oxygen atoms in total. The highest BCUT2D eigenvalue weighted by molar-refractivity contribution is 6.42. The summed E-state index contributed by atoms with van der Waals surface area (Å²) in [7, 11) is 0. The highest BCUT2D eigenvalue weighted by Crippen LogP contribution is 2.25. The predicted molar refractivity (Wildman–Crippen MR) is 67.7 cm³/mol. The average Bonchev–Trinajstić information content (AvgIpc) is 2.71. The first-order chi connectivity index (χ1) is 7.72. The molecule has 1 heterocycles. The lowest BCUT2D eigenvalue weighted by Gasteiger charge is -2.09. The van der Waals surface area contributed by atoms with Crippen molar-refractivity contribution >= 4 is 29.2 Å². The summed E-state index contributed by atoms with van der Waals surface area (Å²) >= 11 is 11.8. The van der Waals surface area contributed by atoms with Gasteiger partial charge in [0.05, 0.1) is 15.7 Å². The molecule has 84 valence electrons. The summed E-state index contributed by atoms with van der Waals surface area (Å²) in [5.74, 6) is 0.792. The Hall–Kier alpha value is -1.19. The minimum atomic E-state index is 0.537. The summed E-state index contributed by atoms with van der Waals surface area (Å²) < 4.78 is 1.92. The van der Waals surface area contributed by atoms with E-state index in [1.54, 1.807) is 12.3 Å². The van der Waals surface area contributed by atoms with Crippen molar-refractivity contribution in [1.29, 1.82) is 0 Å². The van der Waals surface area contributed by atoms with E-state index in [-0.39, 0.29) is 0 Å². The van der Waals surface area contributed by atoms with Gasteiger partial charge in [-0.1, -0.05) is 23.2 Å². The van der Waals surface area contributed by atoms with E-state index in [0.717, 1.165) is 18.2 Å². The number of hydrogen-bond donors (Lipinski definition) is 1. The van der Waals surface area contributed by atoms with E-state index in [1.165, 1.54) is 0 Å². The van der Waals surface area contributed by atoms with Crippen LogP contribution in [0.15, 0.2) is 30.6 Å². The van der Waals surface area contributed by atoms with Gasteiger partial charge in [-0.25, -0.2) is 4.98 Å². The van der Waals surface area contributed by atoms with Gasteiger partial charge >= 0.3 is 0 Å². The Balaban J connectivity index is 2.42. The lowest BCUT2D eigenvalue weighted by molar-refractivity contribution is 1.02. The van der Waals surface area contributed by atoms with Gasteiger partial charge in [-0.05, 0) is 25.1 Å². The van der Waals surface area contributed by atoms with Gasteiger partial charge < -0.3 is 5.32 Å². The molecule has 0 aliphatic rings. The number of halogens is 2. The van der Waals surface area contributed by atoms with Crippen LogP contribution in [-0.2, 0) is 0 Å². The first kappa shape index (κ1) is 11.3. The molecule has 0 atom stereocenters.